The molecule has 0 unspecified atom stereocenters. The van der Waals surface area contributed by atoms with Gasteiger partial charge in [-0.3, -0.25) is 4.79 Å². The summed E-state index contributed by atoms with van der Waals surface area (Å²) in [7, 11) is 1.77. The zero-order chi connectivity index (χ0) is 13.3. The van der Waals surface area contributed by atoms with Gasteiger partial charge in [-0.2, -0.15) is 5.10 Å². The number of carbonyl (C=O) groups excluding carboxylic acids is 1. The Morgan fingerprint density at radius 2 is 2.22 bits per heavy atom. The molecule has 0 bridgehead atoms. The summed E-state index contributed by atoms with van der Waals surface area (Å²) in [4.78, 5) is 14.1. The number of likely N-dealkylation sites (N-methyl/N-ethyl adjacent to an activating group) is 1. The third kappa shape index (κ3) is 1.97. The first-order chi connectivity index (χ1) is 8.47. The standard InChI is InChI=1S/C13H18N4O/c1-13(2,9-14)16(3)12(18)10-8-15-17-7-5-4-6-11(10)17/h4-8H,9,14H2,1-3H3. The van der Waals surface area contributed by atoms with Crippen LogP contribution in [0.2, 0.25) is 0 Å². The zero-order valence-electron chi connectivity index (χ0n) is 10.9. The summed E-state index contributed by atoms with van der Waals surface area (Å²) in [6, 6.07) is 5.65. The zero-order valence-corrected chi connectivity index (χ0v) is 10.9. The lowest BCUT2D eigenvalue weighted by atomic mass is 10.0. The van der Waals surface area contributed by atoms with Gasteiger partial charge in [-0.1, -0.05) is 6.07 Å². The Morgan fingerprint density at radius 1 is 1.50 bits per heavy atom. The molecule has 0 aliphatic heterocycles. The molecular weight excluding hydrogens is 228 g/mol. The Balaban J connectivity index is 2.40. The largest absolute Gasteiger partial charge is 0.335 e. The molecule has 0 aliphatic carbocycles. The molecule has 1 amide bonds. The lowest BCUT2D eigenvalue weighted by Gasteiger charge is -2.34. The minimum Gasteiger partial charge on any atom is -0.335 e. The fourth-order valence-electron chi connectivity index (χ4n) is 1.69. The number of hydrogen-bond donors (Lipinski definition) is 1. The average molecular weight is 246 g/mol. The van der Waals surface area contributed by atoms with Crippen LogP contribution in [0.25, 0.3) is 5.52 Å². The minimum absolute atomic E-state index is 0.0633. The molecule has 2 N–H and O–H groups in total. The summed E-state index contributed by atoms with van der Waals surface area (Å²) in [6.45, 7) is 4.29. The Hall–Kier alpha value is -1.88. The summed E-state index contributed by atoms with van der Waals surface area (Å²) in [5, 5.41) is 4.17. The molecule has 96 valence electrons. The minimum atomic E-state index is -0.375. The summed E-state index contributed by atoms with van der Waals surface area (Å²) in [6.07, 6.45) is 3.42. The molecule has 2 aromatic heterocycles. The second-order valence-electron chi connectivity index (χ2n) is 4.97. The molecule has 0 spiro atoms. The van der Waals surface area contributed by atoms with E-state index in [1.165, 1.54) is 0 Å². The van der Waals surface area contributed by atoms with Crippen molar-refractivity contribution in [2.45, 2.75) is 19.4 Å². The smallest absolute Gasteiger partial charge is 0.257 e. The highest BCUT2D eigenvalue weighted by molar-refractivity contribution is 6.00. The molecule has 0 aromatic carbocycles. The Labute approximate surface area is 106 Å². The third-order valence-corrected chi connectivity index (χ3v) is 3.37. The maximum atomic E-state index is 12.4. The molecule has 5 nitrogen and oxygen atoms in total. The van der Waals surface area contributed by atoms with Gasteiger partial charge in [0.25, 0.3) is 5.91 Å². The molecule has 2 aromatic rings. The van der Waals surface area contributed by atoms with Crippen molar-refractivity contribution in [2.24, 2.45) is 5.73 Å². The second kappa shape index (κ2) is 4.42. The Morgan fingerprint density at radius 3 is 2.89 bits per heavy atom. The lowest BCUT2D eigenvalue weighted by molar-refractivity contribution is 0.0642. The number of hydrogen-bond acceptors (Lipinski definition) is 3. The first-order valence-corrected chi connectivity index (χ1v) is 5.88. The predicted molar refractivity (Wildman–Crippen MR) is 70.4 cm³/mol. The maximum Gasteiger partial charge on any atom is 0.257 e. The van der Waals surface area contributed by atoms with Crippen molar-refractivity contribution >= 4 is 11.4 Å². The maximum absolute atomic E-state index is 12.4. The number of amides is 1. The number of aromatic nitrogens is 2. The van der Waals surface area contributed by atoms with Crippen LogP contribution in [0.5, 0.6) is 0 Å². The number of carbonyl (C=O) groups is 1. The van der Waals surface area contributed by atoms with Gasteiger partial charge >= 0.3 is 0 Å². The van der Waals surface area contributed by atoms with Gasteiger partial charge in [0.15, 0.2) is 0 Å². The van der Waals surface area contributed by atoms with Crippen LogP contribution >= 0.6 is 0 Å². The van der Waals surface area contributed by atoms with Crippen molar-refractivity contribution in [3.05, 3.63) is 36.2 Å². The highest BCUT2D eigenvalue weighted by Crippen LogP contribution is 2.17. The van der Waals surface area contributed by atoms with Crippen LogP contribution in [0.4, 0.5) is 0 Å². The van der Waals surface area contributed by atoms with E-state index in [0.717, 1.165) is 5.52 Å². The monoisotopic (exact) mass is 246 g/mol. The SMILES string of the molecule is CN(C(=O)c1cnn2ccccc12)C(C)(C)CN. The molecule has 0 radical (unpaired) electrons. The van der Waals surface area contributed by atoms with Crippen molar-refractivity contribution in [2.75, 3.05) is 13.6 Å². The van der Waals surface area contributed by atoms with Crippen LogP contribution in [-0.4, -0.2) is 39.6 Å². The van der Waals surface area contributed by atoms with Crippen molar-refractivity contribution in [1.29, 1.82) is 0 Å². The average Bonchev–Trinajstić information content (AvgIpc) is 2.80. The van der Waals surface area contributed by atoms with Crippen LogP contribution in [0.3, 0.4) is 0 Å². The van der Waals surface area contributed by atoms with Crippen molar-refractivity contribution in [3.63, 3.8) is 0 Å². The fraction of sp³-hybridized carbons (Fsp3) is 0.385. The lowest BCUT2D eigenvalue weighted by Crippen LogP contribution is -2.50. The van der Waals surface area contributed by atoms with Crippen LogP contribution in [0, 0.1) is 0 Å². The molecule has 18 heavy (non-hydrogen) atoms. The molecule has 5 heteroatoms. The van der Waals surface area contributed by atoms with Gasteiger partial charge < -0.3 is 10.6 Å². The van der Waals surface area contributed by atoms with Crippen molar-refractivity contribution in [1.82, 2.24) is 14.5 Å². The Bertz CT molecular complexity index is 573. The van der Waals surface area contributed by atoms with Crippen LogP contribution in [-0.2, 0) is 0 Å². The van der Waals surface area contributed by atoms with E-state index >= 15 is 0 Å². The van der Waals surface area contributed by atoms with E-state index in [1.807, 2.05) is 38.2 Å². The number of nitrogens with two attached hydrogens (primary N) is 1. The van der Waals surface area contributed by atoms with E-state index in [9.17, 15) is 4.79 Å². The molecule has 0 saturated carbocycles. The fourth-order valence-corrected chi connectivity index (χ4v) is 1.69. The van der Waals surface area contributed by atoms with Gasteiger partial charge in [0.05, 0.1) is 17.3 Å². The van der Waals surface area contributed by atoms with E-state index < -0.39 is 0 Å². The van der Waals surface area contributed by atoms with Gasteiger partial charge in [0.1, 0.15) is 0 Å². The second-order valence-corrected chi connectivity index (χ2v) is 4.97. The molecule has 0 atom stereocenters. The Kier molecular flexibility index (Phi) is 3.09. The van der Waals surface area contributed by atoms with Crippen molar-refractivity contribution in [3.8, 4) is 0 Å². The van der Waals surface area contributed by atoms with E-state index in [-0.39, 0.29) is 11.4 Å². The van der Waals surface area contributed by atoms with Crippen LogP contribution < -0.4 is 5.73 Å². The molecule has 0 saturated heterocycles. The van der Waals surface area contributed by atoms with E-state index in [2.05, 4.69) is 5.10 Å². The quantitative estimate of drug-likeness (QED) is 0.883. The van der Waals surface area contributed by atoms with Gasteiger partial charge in [0, 0.05) is 25.3 Å². The normalized spacial score (nSPS) is 11.8. The summed E-state index contributed by atoms with van der Waals surface area (Å²) >= 11 is 0. The molecule has 2 rings (SSSR count). The molecular formula is C13H18N4O. The molecule has 0 aliphatic rings. The number of pyridine rings is 1. The summed E-state index contributed by atoms with van der Waals surface area (Å²) in [5.41, 5.74) is 6.73. The summed E-state index contributed by atoms with van der Waals surface area (Å²) in [5.74, 6) is -0.0633. The van der Waals surface area contributed by atoms with Gasteiger partial charge in [-0.05, 0) is 26.0 Å². The van der Waals surface area contributed by atoms with Gasteiger partial charge in [-0.25, -0.2) is 4.52 Å². The first-order valence-electron chi connectivity index (χ1n) is 5.88. The van der Waals surface area contributed by atoms with Gasteiger partial charge in [0.2, 0.25) is 0 Å². The van der Waals surface area contributed by atoms with E-state index in [1.54, 1.807) is 22.7 Å². The highest BCUT2D eigenvalue weighted by Gasteiger charge is 2.28. The van der Waals surface area contributed by atoms with Crippen LogP contribution in [0.1, 0.15) is 24.2 Å². The predicted octanol–water partition coefficient (Wildman–Crippen LogP) is 1.14. The van der Waals surface area contributed by atoms with Crippen LogP contribution in [0.15, 0.2) is 30.6 Å². The molecule has 0 fully saturated rings. The number of nitrogens with zero attached hydrogens (tertiary/aromatic N) is 3. The third-order valence-electron chi connectivity index (χ3n) is 3.37. The van der Waals surface area contributed by atoms with Gasteiger partial charge in [-0.15, -0.1) is 0 Å². The van der Waals surface area contributed by atoms with Crippen molar-refractivity contribution < 1.29 is 4.79 Å². The molecule has 2 heterocycles. The van der Waals surface area contributed by atoms with E-state index in [0.29, 0.717) is 12.1 Å². The summed E-state index contributed by atoms with van der Waals surface area (Å²) < 4.78 is 1.69. The van der Waals surface area contributed by atoms with E-state index in [4.69, 9.17) is 5.73 Å². The number of rotatable bonds is 3. The highest BCUT2D eigenvalue weighted by atomic mass is 16.2. The first kappa shape index (κ1) is 12.6. The number of fused-ring (bicyclic) bond motifs is 1. The topological polar surface area (TPSA) is 63.6 Å².